The molecule has 0 bridgehead atoms. The van der Waals surface area contributed by atoms with Crippen molar-refractivity contribution in [1.82, 2.24) is 5.32 Å². The first-order valence-corrected chi connectivity index (χ1v) is 7.44. The Bertz CT molecular complexity index is 321. The van der Waals surface area contributed by atoms with Gasteiger partial charge in [-0.2, -0.15) is 0 Å². The zero-order valence-corrected chi connectivity index (χ0v) is 11.7. The Balaban J connectivity index is 1.69. The molecule has 2 rings (SSSR count). The maximum absolute atomic E-state index is 11.6. The van der Waals surface area contributed by atoms with Crippen molar-refractivity contribution in [2.24, 2.45) is 11.8 Å². The molecule has 4 heteroatoms. The summed E-state index contributed by atoms with van der Waals surface area (Å²) in [5.74, 6) is 0.387. The molecule has 108 valence electrons. The molecule has 0 radical (unpaired) electrons. The SMILES string of the molecule is CCOC(=O)C1CCC(N[C@@H]2C=C[C@H](CO)C2)CC1. The minimum atomic E-state index is -0.0259. The molecule has 2 aliphatic rings. The molecular formula is C15H25NO3. The summed E-state index contributed by atoms with van der Waals surface area (Å²) in [7, 11) is 0. The second-order valence-corrected chi connectivity index (χ2v) is 5.64. The molecule has 0 unspecified atom stereocenters. The van der Waals surface area contributed by atoms with E-state index in [2.05, 4.69) is 17.5 Å². The number of aliphatic hydroxyl groups is 1. The Hall–Kier alpha value is -0.870. The summed E-state index contributed by atoms with van der Waals surface area (Å²) in [6, 6.07) is 0.888. The third-order valence-electron chi connectivity index (χ3n) is 4.20. The van der Waals surface area contributed by atoms with Gasteiger partial charge in [0.1, 0.15) is 0 Å². The average Bonchev–Trinajstić information content (AvgIpc) is 2.87. The molecule has 0 aliphatic heterocycles. The van der Waals surface area contributed by atoms with Crippen molar-refractivity contribution >= 4 is 5.97 Å². The smallest absolute Gasteiger partial charge is 0.308 e. The molecular weight excluding hydrogens is 242 g/mol. The third kappa shape index (κ3) is 4.05. The van der Waals surface area contributed by atoms with Crippen LogP contribution in [0.25, 0.3) is 0 Å². The summed E-state index contributed by atoms with van der Waals surface area (Å²) in [6.45, 7) is 2.58. The Morgan fingerprint density at radius 1 is 1.32 bits per heavy atom. The quantitative estimate of drug-likeness (QED) is 0.587. The van der Waals surface area contributed by atoms with Gasteiger partial charge in [0.2, 0.25) is 0 Å². The van der Waals surface area contributed by atoms with Gasteiger partial charge in [-0.25, -0.2) is 0 Å². The fourth-order valence-electron chi connectivity index (χ4n) is 3.09. The van der Waals surface area contributed by atoms with E-state index >= 15 is 0 Å². The fourth-order valence-corrected chi connectivity index (χ4v) is 3.09. The van der Waals surface area contributed by atoms with Crippen molar-refractivity contribution in [2.45, 2.75) is 51.1 Å². The van der Waals surface area contributed by atoms with E-state index in [0.29, 0.717) is 24.6 Å². The normalized spacial score (nSPS) is 34.4. The fraction of sp³-hybridized carbons (Fsp3) is 0.800. The van der Waals surface area contributed by atoms with Crippen molar-refractivity contribution in [1.29, 1.82) is 0 Å². The second kappa shape index (κ2) is 7.06. The molecule has 1 fully saturated rings. The zero-order valence-electron chi connectivity index (χ0n) is 11.7. The van der Waals surface area contributed by atoms with Gasteiger partial charge in [-0.05, 0) is 39.0 Å². The van der Waals surface area contributed by atoms with Crippen LogP contribution in [0, 0.1) is 11.8 Å². The average molecular weight is 267 g/mol. The molecule has 2 atom stereocenters. The molecule has 0 aromatic carbocycles. The minimum Gasteiger partial charge on any atom is -0.466 e. The number of aliphatic hydroxyl groups excluding tert-OH is 1. The largest absolute Gasteiger partial charge is 0.466 e. The van der Waals surface area contributed by atoms with Crippen LogP contribution in [0.1, 0.15) is 39.0 Å². The number of nitrogens with one attached hydrogen (secondary N) is 1. The van der Waals surface area contributed by atoms with Crippen LogP contribution in [-0.4, -0.2) is 36.4 Å². The predicted octanol–water partition coefficient (Wildman–Crippen LogP) is 1.63. The number of rotatable bonds is 5. The maximum Gasteiger partial charge on any atom is 0.308 e. The van der Waals surface area contributed by atoms with Gasteiger partial charge in [0.05, 0.1) is 12.5 Å². The van der Waals surface area contributed by atoms with E-state index in [1.165, 1.54) is 0 Å². The van der Waals surface area contributed by atoms with Gasteiger partial charge < -0.3 is 15.2 Å². The summed E-state index contributed by atoms with van der Waals surface area (Å²) < 4.78 is 5.08. The zero-order chi connectivity index (χ0) is 13.7. The van der Waals surface area contributed by atoms with E-state index in [4.69, 9.17) is 9.84 Å². The molecule has 0 amide bonds. The lowest BCUT2D eigenvalue weighted by molar-refractivity contribution is -0.149. The van der Waals surface area contributed by atoms with Crippen molar-refractivity contribution in [3.63, 3.8) is 0 Å². The number of ether oxygens (including phenoxy) is 1. The first-order chi connectivity index (χ1) is 9.22. The van der Waals surface area contributed by atoms with Gasteiger partial charge in [-0.1, -0.05) is 12.2 Å². The van der Waals surface area contributed by atoms with E-state index in [1.54, 1.807) is 0 Å². The molecule has 0 spiro atoms. The topological polar surface area (TPSA) is 58.6 Å². The van der Waals surface area contributed by atoms with Gasteiger partial charge in [-0.15, -0.1) is 0 Å². The van der Waals surface area contributed by atoms with Gasteiger partial charge in [-0.3, -0.25) is 4.79 Å². The van der Waals surface area contributed by atoms with Gasteiger partial charge in [0, 0.05) is 24.6 Å². The summed E-state index contributed by atoms with van der Waals surface area (Å²) in [4.78, 5) is 11.6. The lowest BCUT2D eigenvalue weighted by atomic mass is 9.85. The van der Waals surface area contributed by atoms with Gasteiger partial charge >= 0.3 is 5.97 Å². The number of carbonyl (C=O) groups excluding carboxylic acids is 1. The van der Waals surface area contributed by atoms with E-state index in [-0.39, 0.29) is 18.5 Å². The molecule has 2 aliphatic carbocycles. The lowest BCUT2D eigenvalue weighted by Crippen LogP contribution is -2.40. The molecule has 0 heterocycles. The van der Waals surface area contributed by atoms with Crippen molar-refractivity contribution < 1.29 is 14.6 Å². The monoisotopic (exact) mass is 267 g/mol. The van der Waals surface area contributed by atoms with Crippen LogP contribution in [0.15, 0.2) is 12.2 Å². The maximum atomic E-state index is 11.6. The van der Waals surface area contributed by atoms with Crippen LogP contribution < -0.4 is 5.32 Å². The van der Waals surface area contributed by atoms with E-state index in [0.717, 1.165) is 32.1 Å². The summed E-state index contributed by atoms with van der Waals surface area (Å²) in [5, 5.41) is 12.7. The van der Waals surface area contributed by atoms with Crippen LogP contribution in [0.5, 0.6) is 0 Å². The highest BCUT2D eigenvalue weighted by molar-refractivity contribution is 5.72. The number of esters is 1. The molecule has 0 aromatic heterocycles. The molecule has 0 saturated heterocycles. The van der Waals surface area contributed by atoms with Crippen LogP contribution in [0.3, 0.4) is 0 Å². The van der Waals surface area contributed by atoms with E-state index < -0.39 is 0 Å². The summed E-state index contributed by atoms with van der Waals surface area (Å²) in [6.07, 6.45) is 9.19. The van der Waals surface area contributed by atoms with E-state index in [1.807, 2.05) is 6.92 Å². The second-order valence-electron chi connectivity index (χ2n) is 5.64. The number of hydrogen-bond acceptors (Lipinski definition) is 4. The Kier molecular flexibility index (Phi) is 5.40. The number of hydrogen-bond donors (Lipinski definition) is 2. The number of carbonyl (C=O) groups is 1. The first-order valence-electron chi connectivity index (χ1n) is 7.44. The van der Waals surface area contributed by atoms with Crippen LogP contribution in [-0.2, 0) is 9.53 Å². The standard InChI is InChI=1S/C15H25NO3/c1-2-19-15(18)12-4-7-13(8-5-12)16-14-6-3-11(9-14)10-17/h3,6,11-14,16-17H,2,4-5,7-10H2,1H3/t11-,12?,13?,14+/m0/s1. The van der Waals surface area contributed by atoms with Crippen LogP contribution >= 0.6 is 0 Å². The van der Waals surface area contributed by atoms with Crippen molar-refractivity contribution in [3.05, 3.63) is 12.2 Å². The molecule has 0 aromatic rings. The van der Waals surface area contributed by atoms with E-state index in [9.17, 15) is 4.79 Å². The molecule has 4 nitrogen and oxygen atoms in total. The first kappa shape index (κ1) is 14.5. The molecule has 1 saturated carbocycles. The Morgan fingerprint density at radius 2 is 2.05 bits per heavy atom. The summed E-state index contributed by atoms with van der Waals surface area (Å²) in [5.41, 5.74) is 0. The predicted molar refractivity (Wildman–Crippen MR) is 73.6 cm³/mol. The van der Waals surface area contributed by atoms with Crippen molar-refractivity contribution in [3.8, 4) is 0 Å². The molecule has 19 heavy (non-hydrogen) atoms. The highest BCUT2D eigenvalue weighted by Crippen LogP contribution is 2.27. The van der Waals surface area contributed by atoms with Crippen LogP contribution in [0.2, 0.25) is 0 Å². The lowest BCUT2D eigenvalue weighted by Gasteiger charge is -2.30. The Labute approximate surface area is 115 Å². The van der Waals surface area contributed by atoms with Crippen LogP contribution in [0.4, 0.5) is 0 Å². The van der Waals surface area contributed by atoms with Gasteiger partial charge in [0.15, 0.2) is 0 Å². The summed E-state index contributed by atoms with van der Waals surface area (Å²) >= 11 is 0. The van der Waals surface area contributed by atoms with Crippen molar-refractivity contribution in [2.75, 3.05) is 13.2 Å². The van der Waals surface area contributed by atoms with Gasteiger partial charge in [0.25, 0.3) is 0 Å². The highest BCUT2D eigenvalue weighted by Gasteiger charge is 2.29. The Morgan fingerprint density at radius 3 is 2.63 bits per heavy atom. The highest BCUT2D eigenvalue weighted by atomic mass is 16.5. The third-order valence-corrected chi connectivity index (χ3v) is 4.20. The molecule has 2 N–H and O–H groups in total. The minimum absolute atomic E-state index is 0.0259.